The Bertz CT molecular complexity index is 1030. The van der Waals surface area contributed by atoms with E-state index in [0.717, 1.165) is 22.6 Å². The van der Waals surface area contributed by atoms with Crippen molar-refractivity contribution in [3.05, 3.63) is 53.6 Å². The maximum absolute atomic E-state index is 12.8. The van der Waals surface area contributed by atoms with Crippen molar-refractivity contribution in [3.63, 3.8) is 0 Å². The third-order valence-corrected chi connectivity index (χ3v) is 7.39. The highest BCUT2D eigenvalue weighted by Gasteiger charge is 2.30. The zero-order valence-corrected chi connectivity index (χ0v) is 18.4. The summed E-state index contributed by atoms with van der Waals surface area (Å²) in [4.78, 5) is 14.4. The summed E-state index contributed by atoms with van der Waals surface area (Å²) in [5.41, 5.74) is 2.07. The number of carbonyl (C=O) groups is 1. The van der Waals surface area contributed by atoms with E-state index >= 15 is 0 Å². The molecule has 0 spiro atoms. The highest BCUT2D eigenvalue weighted by molar-refractivity contribution is 7.89. The number of nitrogens with one attached hydrogen (secondary N) is 1. The van der Waals surface area contributed by atoms with Gasteiger partial charge in [0.05, 0.1) is 4.90 Å². The van der Waals surface area contributed by atoms with E-state index in [1.807, 2.05) is 25.1 Å². The number of hydrogen-bond donors (Lipinski definition) is 1. The molecule has 2 amide bonds. The number of ether oxygens (including phenoxy) is 2. The summed E-state index contributed by atoms with van der Waals surface area (Å²) in [5.74, 6) is 1.48. The largest absolute Gasteiger partial charge is 0.486 e. The van der Waals surface area contributed by atoms with Crippen molar-refractivity contribution in [2.75, 3.05) is 45.9 Å². The van der Waals surface area contributed by atoms with Gasteiger partial charge in [0, 0.05) is 32.7 Å². The summed E-state index contributed by atoms with van der Waals surface area (Å²) in [6.45, 7) is 4.79. The van der Waals surface area contributed by atoms with E-state index in [0.29, 0.717) is 39.3 Å². The van der Waals surface area contributed by atoms with Gasteiger partial charge in [-0.1, -0.05) is 23.8 Å². The number of urea groups is 1. The maximum Gasteiger partial charge on any atom is 0.317 e. The Morgan fingerprint density at radius 3 is 2.35 bits per heavy atom. The van der Waals surface area contributed by atoms with E-state index in [1.54, 1.807) is 29.2 Å². The minimum atomic E-state index is -3.54. The summed E-state index contributed by atoms with van der Waals surface area (Å²) in [6.07, 6.45) is 0.671. The molecule has 2 aliphatic rings. The molecule has 166 valence electrons. The van der Waals surface area contributed by atoms with Gasteiger partial charge in [0.15, 0.2) is 11.5 Å². The van der Waals surface area contributed by atoms with Crippen molar-refractivity contribution in [1.82, 2.24) is 14.5 Å². The van der Waals surface area contributed by atoms with Crippen molar-refractivity contribution < 1.29 is 22.7 Å². The number of fused-ring (bicyclic) bond motifs is 1. The van der Waals surface area contributed by atoms with Crippen LogP contribution in [0.5, 0.6) is 11.5 Å². The van der Waals surface area contributed by atoms with Gasteiger partial charge in [-0.05, 0) is 43.2 Å². The quantitative estimate of drug-likeness (QED) is 0.761. The predicted octanol–water partition coefficient (Wildman–Crippen LogP) is 2.02. The lowest BCUT2D eigenvalue weighted by Crippen LogP contribution is -2.53. The number of benzene rings is 2. The van der Waals surface area contributed by atoms with Crippen LogP contribution in [0.15, 0.2) is 47.4 Å². The SMILES string of the molecule is Cc1ccc(S(=O)(=O)N2CCN(C(=O)NCCc3ccc4c(c3)OCCO4)CC2)cc1. The van der Waals surface area contributed by atoms with Crippen LogP contribution in [0, 0.1) is 6.92 Å². The zero-order valence-electron chi connectivity index (χ0n) is 17.5. The van der Waals surface area contributed by atoms with Crippen LogP contribution in [0.3, 0.4) is 0 Å². The lowest BCUT2D eigenvalue weighted by molar-refractivity contribution is 0.171. The third kappa shape index (κ3) is 4.94. The maximum atomic E-state index is 12.8. The van der Waals surface area contributed by atoms with E-state index in [9.17, 15) is 13.2 Å². The smallest absolute Gasteiger partial charge is 0.317 e. The zero-order chi connectivity index (χ0) is 21.8. The third-order valence-electron chi connectivity index (χ3n) is 5.48. The molecule has 31 heavy (non-hydrogen) atoms. The molecule has 9 heteroatoms. The molecule has 1 N–H and O–H groups in total. The van der Waals surface area contributed by atoms with Crippen molar-refractivity contribution in [2.45, 2.75) is 18.2 Å². The second-order valence-electron chi connectivity index (χ2n) is 7.66. The van der Waals surface area contributed by atoms with E-state index in [2.05, 4.69) is 5.32 Å². The first-order valence-corrected chi connectivity index (χ1v) is 11.9. The van der Waals surface area contributed by atoms with Crippen LogP contribution in [0.2, 0.25) is 0 Å². The first-order chi connectivity index (χ1) is 14.9. The molecule has 2 heterocycles. The van der Waals surface area contributed by atoms with E-state index in [1.165, 1.54) is 4.31 Å². The molecule has 2 aromatic rings. The molecular weight excluding hydrogens is 418 g/mol. The Morgan fingerprint density at radius 1 is 0.968 bits per heavy atom. The Hall–Kier alpha value is -2.78. The highest BCUT2D eigenvalue weighted by atomic mass is 32.2. The van der Waals surface area contributed by atoms with Gasteiger partial charge in [0.2, 0.25) is 10.0 Å². The van der Waals surface area contributed by atoms with E-state index < -0.39 is 10.0 Å². The molecule has 0 unspecified atom stereocenters. The normalized spacial score (nSPS) is 16.7. The fourth-order valence-electron chi connectivity index (χ4n) is 3.66. The van der Waals surface area contributed by atoms with Crippen LogP contribution < -0.4 is 14.8 Å². The molecule has 0 radical (unpaired) electrons. The van der Waals surface area contributed by atoms with Crippen LogP contribution in [0.4, 0.5) is 4.79 Å². The average molecular weight is 446 g/mol. The molecule has 8 nitrogen and oxygen atoms in total. The molecular formula is C22H27N3O5S. The first kappa shape index (κ1) is 21.5. The Morgan fingerprint density at radius 2 is 1.65 bits per heavy atom. The van der Waals surface area contributed by atoms with Gasteiger partial charge in [-0.2, -0.15) is 4.31 Å². The number of sulfonamides is 1. The van der Waals surface area contributed by atoms with E-state index in [4.69, 9.17) is 9.47 Å². The number of rotatable bonds is 5. The highest BCUT2D eigenvalue weighted by Crippen LogP contribution is 2.30. The minimum absolute atomic E-state index is 0.176. The average Bonchev–Trinajstić information content (AvgIpc) is 2.79. The molecule has 1 saturated heterocycles. The molecule has 0 aliphatic carbocycles. The molecule has 0 aromatic heterocycles. The van der Waals surface area contributed by atoms with Crippen LogP contribution in [0.1, 0.15) is 11.1 Å². The summed E-state index contributed by atoms with van der Waals surface area (Å²) in [5, 5.41) is 2.92. The predicted molar refractivity (Wildman–Crippen MR) is 116 cm³/mol. The van der Waals surface area contributed by atoms with Crippen LogP contribution in [-0.4, -0.2) is 69.6 Å². The molecule has 2 aliphatic heterocycles. The van der Waals surface area contributed by atoms with E-state index in [-0.39, 0.29) is 24.0 Å². The first-order valence-electron chi connectivity index (χ1n) is 10.4. The second-order valence-corrected chi connectivity index (χ2v) is 9.60. The second kappa shape index (κ2) is 9.15. The monoisotopic (exact) mass is 445 g/mol. The van der Waals surface area contributed by atoms with Gasteiger partial charge in [-0.15, -0.1) is 0 Å². The number of carbonyl (C=O) groups excluding carboxylic acids is 1. The van der Waals surface area contributed by atoms with Gasteiger partial charge >= 0.3 is 6.03 Å². The molecule has 0 saturated carbocycles. The van der Waals surface area contributed by atoms with Gasteiger partial charge in [-0.3, -0.25) is 0 Å². The lowest BCUT2D eigenvalue weighted by atomic mass is 10.1. The van der Waals surface area contributed by atoms with Crippen LogP contribution in [0.25, 0.3) is 0 Å². The molecule has 2 aromatic carbocycles. The molecule has 0 atom stereocenters. The number of piperazine rings is 1. The number of nitrogens with zero attached hydrogens (tertiary/aromatic N) is 2. The molecule has 4 rings (SSSR count). The van der Waals surface area contributed by atoms with Crippen molar-refractivity contribution in [1.29, 1.82) is 0 Å². The summed E-state index contributed by atoms with van der Waals surface area (Å²) in [7, 11) is -3.54. The van der Waals surface area contributed by atoms with Gasteiger partial charge in [-0.25, -0.2) is 13.2 Å². The van der Waals surface area contributed by atoms with Gasteiger partial charge in [0.25, 0.3) is 0 Å². The number of amides is 2. The van der Waals surface area contributed by atoms with Crippen LogP contribution >= 0.6 is 0 Å². The standard InChI is InChI=1S/C22H27N3O5S/c1-17-2-5-19(6-3-17)31(27,28)25-12-10-24(11-13-25)22(26)23-9-8-18-4-7-20-21(16-18)30-15-14-29-20/h2-7,16H,8-15H2,1H3,(H,23,26). The minimum Gasteiger partial charge on any atom is -0.486 e. The topological polar surface area (TPSA) is 88.2 Å². The molecule has 0 bridgehead atoms. The fraction of sp³-hybridized carbons (Fsp3) is 0.409. The fourth-order valence-corrected chi connectivity index (χ4v) is 5.08. The number of hydrogen-bond acceptors (Lipinski definition) is 5. The Balaban J connectivity index is 1.25. The Labute approximate surface area is 182 Å². The summed E-state index contributed by atoms with van der Waals surface area (Å²) < 4.78 is 38.1. The van der Waals surface area contributed by atoms with Crippen LogP contribution in [-0.2, 0) is 16.4 Å². The number of aryl methyl sites for hydroxylation is 1. The van der Waals surface area contributed by atoms with Crippen molar-refractivity contribution in [3.8, 4) is 11.5 Å². The van der Waals surface area contributed by atoms with Gasteiger partial charge in [0.1, 0.15) is 13.2 Å². The van der Waals surface area contributed by atoms with Gasteiger partial charge < -0.3 is 19.7 Å². The van der Waals surface area contributed by atoms with Crippen molar-refractivity contribution >= 4 is 16.1 Å². The summed E-state index contributed by atoms with van der Waals surface area (Å²) in [6, 6.07) is 12.5. The lowest BCUT2D eigenvalue weighted by Gasteiger charge is -2.34. The summed E-state index contributed by atoms with van der Waals surface area (Å²) >= 11 is 0. The van der Waals surface area contributed by atoms with Crippen molar-refractivity contribution in [2.24, 2.45) is 0 Å². The Kier molecular flexibility index (Phi) is 6.33. The molecule has 1 fully saturated rings.